The fourth-order valence-electron chi connectivity index (χ4n) is 5.73. The van der Waals surface area contributed by atoms with Crippen LogP contribution in [0.5, 0.6) is 0 Å². The van der Waals surface area contributed by atoms with Crippen molar-refractivity contribution in [3.05, 3.63) is 10.6 Å². The third-order valence-corrected chi connectivity index (χ3v) is 9.36. The van der Waals surface area contributed by atoms with Gasteiger partial charge in [0.25, 0.3) is 0 Å². The van der Waals surface area contributed by atoms with E-state index < -0.39 is 21.5 Å². The van der Waals surface area contributed by atoms with Crippen LogP contribution in [0.15, 0.2) is 0 Å². The molecule has 5 atom stereocenters. The van der Waals surface area contributed by atoms with Gasteiger partial charge in [0.2, 0.25) is 15.9 Å². The Balaban J connectivity index is 2.10. The molecule has 1 heterocycles. The molecule has 1 aromatic heterocycles. The summed E-state index contributed by atoms with van der Waals surface area (Å²) in [5, 5.41) is 21.4. The summed E-state index contributed by atoms with van der Waals surface area (Å²) >= 11 is 1.29. The van der Waals surface area contributed by atoms with E-state index in [1.807, 2.05) is 20.8 Å². The fraction of sp³-hybridized carbons (Fsp3) is 0.810. The zero-order chi connectivity index (χ0) is 23.2. The van der Waals surface area contributed by atoms with Gasteiger partial charge in [-0.2, -0.15) is 0 Å². The summed E-state index contributed by atoms with van der Waals surface area (Å²) in [5.41, 5.74) is -0.259. The zero-order valence-corrected chi connectivity index (χ0v) is 20.6. The van der Waals surface area contributed by atoms with Crippen molar-refractivity contribution in [1.82, 2.24) is 9.88 Å². The third kappa shape index (κ3) is 4.36. The summed E-state index contributed by atoms with van der Waals surface area (Å²) < 4.78 is 26.0. The third-order valence-electron chi connectivity index (χ3n) is 7.66. The summed E-state index contributed by atoms with van der Waals surface area (Å²) in [5.74, 6) is -0.216. The van der Waals surface area contributed by atoms with E-state index in [1.165, 1.54) is 11.3 Å². The number of hydrogen-bond donors (Lipinski definition) is 3. The molecule has 0 saturated heterocycles. The highest BCUT2D eigenvalue weighted by molar-refractivity contribution is 7.92. The predicted molar refractivity (Wildman–Crippen MR) is 122 cm³/mol. The number of nitrogens with zero attached hydrogens (tertiary/aromatic N) is 2. The summed E-state index contributed by atoms with van der Waals surface area (Å²) in [7, 11) is -3.47. The summed E-state index contributed by atoms with van der Waals surface area (Å²) in [4.78, 5) is 20.5. The van der Waals surface area contributed by atoms with Crippen molar-refractivity contribution in [3.63, 3.8) is 0 Å². The number of sulfonamides is 1. The van der Waals surface area contributed by atoms with Gasteiger partial charge in [-0.05, 0) is 44.4 Å². The van der Waals surface area contributed by atoms with Crippen molar-refractivity contribution in [2.75, 3.05) is 30.7 Å². The second-order valence-electron chi connectivity index (χ2n) is 9.51. The van der Waals surface area contributed by atoms with E-state index in [0.29, 0.717) is 31.1 Å². The smallest absolute Gasteiger partial charge is 0.231 e. The van der Waals surface area contributed by atoms with Crippen LogP contribution in [0.25, 0.3) is 0 Å². The van der Waals surface area contributed by atoms with Crippen LogP contribution in [0.4, 0.5) is 5.13 Å². The first-order chi connectivity index (χ1) is 14.4. The Morgan fingerprint density at radius 2 is 1.97 bits per heavy atom. The van der Waals surface area contributed by atoms with E-state index in [1.54, 1.807) is 4.90 Å². The van der Waals surface area contributed by atoms with Gasteiger partial charge in [-0.15, -0.1) is 11.3 Å². The van der Waals surface area contributed by atoms with Gasteiger partial charge in [-0.1, -0.05) is 13.8 Å². The summed E-state index contributed by atoms with van der Waals surface area (Å²) in [6, 6.07) is 0. The van der Waals surface area contributed by atoms with E-state index in [-0.39, 0.29) is 36.2 Å². The van der Waals surface area contributed by atoms with E-state index >= 15 is 0 Å². The van der Waals surface area contributed by atoms with Crippen molar-refractivity contribution in [3.8, 4) is 0 Å². The number of nitrogens with one attached hydrogen (secondary N) is 1. The molecule has 0 aromatic carbocycles. The number of aliphatic hydroxyl groups is 2. The zero-order valence-electron chi connectivity index (χ0n) is 19.0. The number of carbonyl (C=O) groups is 1. The van der Waals surface area contributed by atoms with Crippen LogP contribution in [-0.2, 0) is 21.2 Å². The van der Waals surface area contributed by atoms with E-state index in [4.69, 9.17) is 0 Å². The molecular weight excluding hydrogens is 438 g/mol. The number of rotatable bonds is 7. The molecule has 0 radical (unpaired) electrons. The van der Waals surface area contributed by atoms with Crippen LogP contribution < -0.4 is 4.72 Å². The van der Waals surface area contributed by atoms with Crippen LogP contribution in [0.2, 0.25) is 0 Å². The Hall–Kier alpha value is -1.23. The summed E-state index contributed by atoms with van der Waals surface area (Å²) in [6.07, 6.45) is 2.61. The van der Waals surface area contributed by atoms with Gasteiger partial charge < -0.3 is 15.1 Å². The van der Waals surface area contributed by atoms with E-state index in [2.05, 4.69) is 16.6 Å². The largest absolute Gasteiger partial charge is 0.396 e. The Morgan fingerprint density at radius 3 is 2.52 bits per heavy atom. The van der Waals surface area contributed by atoms with Crippen LogP contribution in [0.3, 0.4) is 0 Å². The van der Waals surface area contributed by atoms with E-state index in [0.717, 1.165) is 23.2 Å². The van der Waals surface area contributed by atoms with Crippen molar-refractivity contribution in [2.24, 2.45) is 16.7 Å². The van der Waals surface area contributed by atoms with Crippen molar-refractivity contribution >= 4 is 32.4 Å². The Bertz CT molecular complexity index is 929. The second kappa shape index (κ2) is 8.61. The number of amides is 1. The fourth-order valence-corrected chi connectivity index (χ4v) is 7.63. The molecule has 31 heavy (non-hydrogen) atoms. The molecular formula is C21H35N3O5S2. The second-order valence-corrected chi connectivity index (χ2v) is 12.3. The molecule has 1 amide bonds. The molecule has 0 aliphatic heterocycles. The van der Waals surface area contributed by atoms with Gasteiger partial charge in [0.1, 0.15) is 0 Å². The van der Waals surface area contributed by atoms with Crippen molar-refractivity contribution in [2.45, 2.75) is 65.4 Å². The number of carbonyl (C=O) groups excluding carboxylic acids is 1. The summed E-state index contributed by atoms with van der Waals surface area (Å²) in [6.45, 7) is 9.08. The molecule has 10 heteroatoms. The molecule has 0 unspecified atom stereocenters. The lowest BCUT2D eigenvalue weighted by Gasteiger charge is -2.58. The number of hydrogen-bond acceptors (Lipinski definition) is 7. The highest BCUT2D eigenvalue weighted by atomic mass is 32.2. The minimum atomic E-state index is -3.47. The molecule has 2 aliphatic carbocycles. The molecule has 8 nitrogen and oxygen atoms in total. The first-order valence-electron chi connectivity index (χ1n) is 10.9. The lowest BCUT2D eigenvalue weighted by atomic mass is 9.47. The van der Waals surface area contributed by atoms with Gasteiger partial charge in [-0.3, -0.25) is 9.52 Å². The normalized spacial score (nSPS) is 32.8. The monoisotopic (exact) mass is 473 g/mol. The number of fused-ring (bicyclic) bond motifs is 2. The number of thiazole rings is 1. The van der Waals surface area contributed by atoms with E-state index in [9.17, 15) is 23.4 Å². The van der Waals surface area contributed by atoms with Gasteiger partial charge in [-0.25, -0.2) is 13.4 Å². The average molecular weight is 474 g/mol. The molecule has 1 saturated carbocycles. The van der Waals surface area contributed by atoms with Crippen LogP contribution in [0, 0.1) is 16.7 Å². The highest BCUT2D eigenvalue weighted by Crippen LogP contribution is 2.62. The maximum absolute atomic E-state index is 13.1. The minimum absolute atomic E-state index is 0.0465. The van der Waals surface area contributed by atoms with Gasteiger partial charge in [0.05, 0.1) is 24.7 Å². The number of aromatic nitrogens is 1. The topological polar surface area (TPSA) is 120 Å². The first-order valence-corrected chi connectivity index (χ1v) is 13.6. The van der Waals surface area contributed by atoms with Gasteiger partial charge in [0, 0.05) is 35.7 Å². The SMILES string of the molecule is CCN(CC)C(=O)C[C@H]1c2nc(NS(C)(=O)=O)sc2C[C@H]2[C@](C)(CO)[C@H](O)CC[C@]21C. The predicted octanol–water partition coefficient (Wildman–Crippen LogP) is 2.19. The standard InChI is InChI=1S/C21H35N3O5S2/c1-6-24(7-2)17(27)10-13-18-14(30-19(22-18)23-31(5,28)29)11-15-20(13,3)9-8-16(26)21(15,4)12-25/h13,15-16,25-26H,6-12H2,1-5H3,(H,22,23)/t13-,15+,16+,20-,21-/m0/s1. The molecule has 1 aromatic rings. The van der Waals surface area contributed by atoms with Gasteiger partial charge in [0.15, 0.2) is 5.13 Å². The quantitative estimate of drug-likeness (QED) is 0.558. The molecule has 0 bridgehead atoms. The highest BCUT2D eigenvalue weighted by Gasteiger charge is 2.59. The molecule has 3 N–H and O–H groups in total. The molecule has 0 spiro atoms. The van der Waals surface area contributed by atoms with Crippen molar-refractivity contribution in [1.29, 1.82) is 0 Å². The molecule has 1 fully saturated rings. The minimum Gasteiger partial charge on any atom is -0.396 e. The maximum Gasteiger partial charge on any atom is 0.231 e. The number of anilines is 1. The first kappa shape index (κ1) is 24.4. The lowest BCUT2D eigenvalue weighted by Crippen LogP contribution is -2.57. The Morgan fingerprint density at radius 1 is 1.32 bits per heavy atom. The molecule has 176 valence electrons. The van der Waals surface area contributed by atoms with Crippen LogP contribution in [-0.4, -0.2) is 66.5 Å². The average Bonchev–Trinajstić information content (AvgIpc) is 3.07. The molecule has 3 rings (SSSR count). The Kier molecular flexibility index (Phi) is 6.78. The lowest BCUT2D eigenvalue weighted by molar-refractivity contribution is -0.147. The van der Waals surface area contributed by atoms with Crippen LogP contribution >= 0.6 is 11.3 Å². The van der Waals surface area contributed by atoms with Crippen molar-refractivity contribution < 1.29 is 23.4 Å². The number of aliphatic hydroxyl groups excluding tert-OH is 2. The maximum atomic E-state index is 13.1. The molecule has 2 aliphatic rings. The Labute approximate surface area is 189 Å². The van der Waals surface area contributed by atoms with Gasteiger partial charge >= 0.3 is 0 Å². The van der Waals surface area contributed by atoms with Crippen LogP contribution in [0.1, 0.15) is 63.4 Å².